The zero-order valence-corrected chi connectivity index (χ0v) is 16.1. The Bertz CT molecular complexity index is 957. The van der Waals surface area contributed by atoms with Crippen molar-refractivity contribution in [1.82, 2.24) is 0 Å². The second-order valence-corrected chi connectivity index (χ2v) is 6.17. The maximum absolute atomic E-state index is 5.98. The fourth-order valence-electron chi connectivity index (χ4n) is 2.80. The fourth-order valence-corrected chi connectivity index (χ4v) is 2.80. The molecule has 0 radical (unpaired) electrons. The molecule has 0 fully saturated rings. The van der Waals surface area contributed by atoms with E-state index in [-0.39, 0.29) is 0 Å². The number of methoxy groups -OCH3 is 2. The van der Waals surface area contributed by atoms with E-state index in [2.05, 4.69) is 28.5 Å². The second kappa shape index (κ2) is 9.50. The van der Waals surface area contributed by atoms with Crippen molar-refractivity contribution < 1.29 is 14.2 Å². The smallest absolute Gasteiger partial charge is 0.193 e. The van der Waals surface area contributed by atoms with Crippen LogP contribution in [0.25, 0.3) is 10.8 Å². The van der Waals surface area contributed by atoms with Crippen molar-refractivity contribution in [2.45, 2.75) is 6.42 Å². The van der Waals surface area contributed by atoms with Gasteiger partial charge in [0.2, 0.25) is 0 Å². The molecule has 0 saturated heterocycles. The molecule has 0 aromatic heterocycles. The van der Waals surface area contributed by atoms with E-state index in [0.717, 1.165) is 12.2 Å². The van der Waals surface area contributed by atoms with Gasteiger partial charge in [0, 0.05) is 19.0 Å². The molecule has 0 spiro atoms. The minimum Gasteiger partial charge on any atom is -0.497 e. The number of rotatable bonds is 8. The number of hydrogen-bond acceptors (Lipinski definition) is 4. The lowest BCUT2D eigenvalue weighted by atomic mass is 10.1. The van der Waals surface area contributed by atoms with Crippen LogP contribution in [0.1, 0.15) is 6.42 Å². The molecule has 0 amide bonds. The van der Waals surface area contributed by atoms with Crippen LogP contribution in [-0.4, -0.2) is 33.3 Å². The standard InChI is InChI=1S/C22H25N3O3/c1-26-18-10-11-21(27-2)20(15-18)25-22(23)24-12-5-13-28-19-9-8-16-6-3-4-7-17(16)14-19/h3-4,6-11,14-15H,5,12-13H2,1-2H3,(H3,23,24,25). The Morgan fingerprint density at radius 1 is 0.929 bits per heavy atom. The van der Waals surface area contributed by atoms with Crippen LogP contribution in [0, 0.1) is 0 Å². The van der Waals surface area contributed by atoms with Gasteiger partial charge >= 0.3 is 0 Å². The first-order chi connectivity index (χ1) is 13.7. The number of nitrogens with one attached hydrogen (secondary N) is 1. The Morgan fingerprint density at radius 3 is 2.50 bits per heavy atom. The SMILES string of the molecule is COc1ccc(OC)c(NC(N)=NCCCOc2ccc3ccccc3c2)c1. The van der Waals surface area contributed by atoms with Crippen molar-refractivity contribution in [2.24, 2.45) is 10.7 Å². The molecule has 3 N–H and O–H groups in total. The van der Waals surface area contributed by atoms with Gasteiger partial charge < -0.3 is 25.3 Å². The summed E-state index contributed by atoms with van der Waals surface area (Å²) in [7, 11) is 3.21. The molecule has 0 aliphatic carbocycles. The van der Waals surface area contributed by atoms with E-state index in [9.17, 15) is 0 Å². The largest absolute Gasteiger partial charge is 0.497 e. The highest BCUT2D eigenvalue weighted by Crippen LogP contribution is 2.28. The molecule has 146 valence electrons. The number of guanidine groups is 1. The predicted molar refractivity (Wildman–Crippen MR) is 114 cm³/mol. The van der Waals surface area contributed by atoms with E-state index in [1.165, 1.54) is 10.8 Å². The van der Waals surface area contributed by atoms with Gasteiger partial charge in [-0.2, -0.15) is 0 Å². The molecular formula is C22H25N3O3. The molecule has 0 unspecified atom stereocenters. The van der Waals surface area contributed by atoms with Crippen molar-refractivity contribution in [1.29, 1.82) is 0 Å². The fraction of sp³-hybridized carbons (Fsp3) is 0.227. The minimum atomic E-state index is 0.317. The highest BCUT2D eigenvalue weighted by molar-refractivity contribution is 5.94. The van der Waals surface area contributed by atoms with E-state index in [1.807, 2.05) is 42.5 Å². The Hall–Kier alpha value is -3.41. The summed E-state index contributed by atoms with van der Waals surface area (Å²) in [6, 6.07) is 19.7. The van der Waals surface area contributed by atoms with Crippen LogP contribution in [-0.2, 0) is 0 Å². The van der Waals surface area contributed by atoms with Crippen LogP contribution in [0.4, 0.5) is 5.69 Å². The molecule has 0 bridgehead atoms. The molecule has 0 aliphatic rings. The zero-order chi connectivity index (χ0) is 19.8. The molecule has 3 aromatic carbocycles. The lowest BCUT2D eigenvalue weighted by Gasteiger charge is -2.12. The summed E-state index contributed by atoms with van der Waals surface area (Å²) in [5.74, 6) is 2.55. The molecule has 0 aliphatic heterocycles. The molecule has 6 heteroatoms. The molecule has 0 heterocycles. The molecule has 3 aromatic rings. The molecule has 0 saturated carbocycles. The summed E-state index contributed by atoms with van der Waals surface area (Å²) in [6.45, 7) is 1.12. The van der Waals surface area contributed by atoms with Crippen LogP contribution in [0.15, 0.2) is 65.7 Å². The third-order valence-corrected chi connectivity index (χ3v) is 4.24. The van der Waals surface area contributed by atoms with Gasteiger partial charge in [-0.1, -0.05) is 30.3 Å². The lowest BCUT2D eigenvalue weighted by molar-refractivity contribution is 0.314. The Balaban J connectivity index is 1.49. The van der Waals surface area contributed by atoms with Gasteiger partial charge in [0.25, 0.3) is 0 Å². The van der Waals surface area contributed by atoms with E-state index >= 15 is 0 Å². The van der Waals surface area contributed by atoms with E-state index in [4.69, 9.17) is 19.9 Å². The molecular weight excluding hydrogens is 354 g/mol. The normalized spacial score (nSPS) is 11.3. The van der Waals surface area contributed by atoms with Gasteiger partial charge in [0.1, 0.15) is 17.2 Å². The van der Waals surface area contributed by atoms with Crippen LogP contribution in [0.3, 0.4) is 0 Å². The zero-order valence-electron chi connectivity index (χ0n) is 16.1. The van der Waals surface area contributed by atoms with E-state index in [0.29, 0.717) is 36.3 Å². The van der Waals surface area contributed by atoms with Gasteiger partial charge in [-0.05, 0) is 35.0 Å². The molecule has 3 rings (SSSR count). The molecule has 6 nitrogen and oxygen atoms in total. The van der Waals surface area contributed by atoms with Crippen molar-refractivity contribution in [3.8, 4) is 17.2 Å². The van der Waals surface area contributed by atoms with Crippen LogP contribution in [0.5, 0.6) is 17.2 Å². The maximum atomic E-state index is 5.98. The van der Waals surface area contributed by atoms with Crippen molar-refractivity contribution >= 4 is 22.4 Å². The quantitative estimate of drug-likeness (QED) is 0.351. The van der Waals surface area contributed by atoms with Gasteiger partial charge in [-0.15, -0.1) is 0 Å². The first-order valence-corrected chi connectivity index (χ1v) is 9.10. The average molecular weight is 379 g/mol. The highest BCUT2D eigenvalue weighted by Gasteiger charge is 2.06. The molecule has 0 atom stereocenters. The summed E-state index contributed by atoms with van der Waals surface area (Å²) in [4.78, 5) is 4.34. The number of nitrogens with two attached hydrogens (primary N) is 1. The van der Waals surface area contributed by atoms with Crippen LogP contribution < -0.4 is 25.3 Å². The van der Waals surface area contributed by atoms with Gasteiger partial charge in [0.05, 0.1) is 26.5 Å². The van der Waals surface area contributed by atoms with E-state index < -0.39 is 0 Å². The summed E-state index contributed by atoms with van der Waals surface area (Å²) in [5, 5.41) is 5.41. The van der Waals surface area contributed by atoms with Gasteiger partial charge in [0.15, 0.2) is 5.96 Å². The second-order valence-electron chi connectivity index (χ2n) is 6.17. The first kappa shape index (κ1) is 19.4. The monoisotopic (exact) mass is 379 g/mol. The summed E-state index contributed by atoms with van der Waals surface area (Å²) < 4.78 is 16.4. The van der Waals surface area contributed by atoms with Gasteiger partial charge in [-0.25, -0.2) is 0 Å². The number of benzene rings is 3. The lowest BCUT2D eigenvalue weighted by Crippen LogP contribution is -2.23. The van der Waals surface area contributed by atoms with E-state index in [1.54, 1.807) is 14.2 Å². The number of nitrogens with zero attached hydrogens (tertiary/aromatic N) is 1. The number of fused-ring (bicyclic) bond motifs is 1. The van der Waals surface area contributed by atoms with Crippen LogP contribution >= 0.6 is 0 Å². The summed E-state index contributed by atoms with van der Waals surface area (Å²) >= 11 is 0. The molecule has 28 heavy (non-hydrogen) atoms. The van der Waals surface area contributed by atoms with Crippen molar-refractivity contribution in [2.75, 3.05) is 32.7 Å². The Morgan fingerprint density at radius 2 is 1.71 bits per heavy atom. The average Bonchev–Trinajstić information content (AvgIpc) is 2.73. The van der Waals surface area contributed by atoms with Crippen LogP contribution in [0.2, 0.25) is 0 Å². The number of hydrogen-bond donors (Lipinski definition) is 2. The topological polar surface area (TPSA) is 78.1 Å². The maximum Gasteiger partial charge on any atom is 0.193 e. The highest BCUT2D eigenvalue weighted by atomic mass is 16.5. The first-order valence-electron chi connectivity index (χ1n) is 9.10. The third-order valence-electron chi connectivity index (χ3n) is 4.24. The third kappa shape index (κ3) is 5.07. The summed E-state index contributed by atoms with van der Waals surface area (Å²) in [6.07, 6.45) is 0.754. The Labute approximate surface area is 164 Å². The number of aliphatic imine (C=N–C) groups is 1. The number of ether oxygens (including phenoxy) is 3. The number of anilines is 1. The predicted octanol–water partition coefficient (Wildman–Crippen LogP) is 4.05. The van der Waals surface area contributed by atoms with Crippen molar-refractivity contribution in [3.05, 3.63) is 60.7 Å². The van der Waals surface area contributed by atoms with Crippen molar-refractivity contribution in [3.63, 3.8) is 0 Å². The Kier molecular flexibility index (Phi) is 6.57. The summed E-state index contributed by atoms with van der Waals surface area (Å²) in [5.41, 5.74) is 6.68. The van der Waals surface area contributed by atoms with Gasteiger partial charge in [-0.3, -0.25) is 4.99 Å². The minimum absolute atomic E-state index is 0.317.